The number of rotatable bonds is 2. The fourth-order valence-corrected chi connectivity index (χ4v) is 2.98. The first-order valence-corrected chi connectivity index (χ1v) is 7.31. The maximum absolute atomic E-state index is 13.8. The van der Waals surface area contributed by atoms with E-state index in [2.05, 4.69) is 10.4 Å². The number of carbonyl (C=O) groups excluding carboxylic acids is 1. The Morgan fingerprint density at radius 3 is 2.91 bits per heavy atom. The SMILES string of the molecule is Cn1ncc(C(=O)N[C@H]2CCCc3c(F)cc(F)cc32)c1Cl. The van der Waals surface area contributed by atoms with Crippen LogP contribution >= 0.6 is 11.6 Å². The van der Waals surface area contributed by atoms with Gasteiger partial charge in [-0.25, -0.2) is 8.78 Å². The van der Waals surface area contributed by atoms with E-state index in [0.717, 1.165) is 12.5 Å². The maximum Gasteiger partial charge on any atom is 0.256 e. The molecule has 1 N–H and O–H groups in total. The van der Waals surface area contributed by atoms with Gasteiger partial charge in [-0.15, -0.1) is 0 Å². The highest BCUT2D eigenvalue weighted by Crippen LogP contribution is 2.32. The third kappa shape index (κ3) is 2.59. The van der Waals surface area contributed by atoms with Crippen LogP contribution in [0.2, 0.25) is 5.15 Å². The predicted octanol–water partition coefficient (Wildman–Crippen LogP) is 3.16. The average molecular weight is 326 g/mol. The lowest BCUT2D eigenvalue weighted by Gasteiger charge is -2.26. The molecule has 22 heavy (non-hydrogen) atoms. The molecule has 1 aromatic heterocycles. The molecule has 1 aromatic carbocycles. The third-order valence-corrected chi connectivity index (χ3v) is 4.35. The molecule has 0 saturated heterocycles. The maximum atomic E-state index is 13.8. The van der Waals surface area contributed by atoms with Crippen LogP contribution in [0.1, 0.15) is 40.4 Å². The highest BCUT2D eigenvalue weighted by Gasteiger charge is 2.26. The van der Waals surface area contributed by atoms with E-state index in [1.807, 2.05) is 0 Å². The van der Waals surface area contributed by atoms with E-state index in [0.29, 0.717) is 24.0 Å². The van der Waals surface area contributed by atoms with Crippen molar-refractivity contribution in [1.82, 2.24) is 15.1 Å². The fourth-order valence-electron chi connectivity index (χ4n) is 2.80. The third-order valence-electron chi connectivity index (χ3n) is 3.91. The summed E-state index contributed by atoms with van der Waals surface area (Å²) in [5, 5.41) is 6.92. The number of amides is 1. The molecule has 116 valence electrons. The quantitative estimate of drug-likeness (QED) is 0.922. The Balaban J connectivity index is 1.89. The van der Waals surface area contributed by atoms with Gasteiger partial charge in [0.05, 0.1) is 17.8 Å². The van der Waals surface area contributed by atoms with Gasteiger partial charge in [-0.3, -0.25) is 9.48 Å². The first-order chi connectivity index (χ1) is 10.5. The van der Waals surface area contributed by atoms with Gasteiger partial charge in [-0.05, 0) is 36.5 Å². The summed E-state index contributed by atoms with van der Waals surface area (Å²) in [5.41, 5.74) is 1.21. The molecule has 1 aliphatic rings. The van der Waals surface area contributed by atoms with Gasteiger partial charge in [0.15, 0.2) is 0 Å². The largest absolute Gasteiger partial charge is 0.345 e. The standard InChI is InChI=1S/C15H14ClF2N3O/c1-21-14(16)11(7-19-21)15(22)20-13-4-2-3-9-10(13)5-8(17)6-12(9)18/h5-7,13H,2-4H2,1H3,(H,20,22)/t13-/m0/s1. The second-order valence-electron chi connectivity index (χ2n) is 5.35. The van der Waals surface area contributed by atoms with Crippen molar-refractivity contribution in [3.05, 3.63) is 51.8 Å². The summed E-state index contributed by atoms with van der Waals surface area (Å²) < 4.78 is 28.7. The van der Waals surface area contributed by atoms with Crippen LogP contribution in [0.25, 0.3) is 0 Å². The van der Waals surface area contributed by atoms with Gasteiger partial charge in [0.1, 0.15) is 16.8 Å². The zero-order valence-electron chi connectivity index (χ0n) is 11.9. The highest BCUT2D eigenvalue weighted by atomic mass is 35.5. The monoisotopic (exact) mass is 325 g/mol. The molecule has 0 saturated carbocycles. The molecule has 4 nitrogen and oxygen atoms in total. The molecule has 1 atom stereocenters. The van der Waals surface area contributed by atoms with Crippen LogP contribution in [0.5, 0.6) is 0 Å². The summed E-state index contributed by atoms with van der Waals surface area (Å²) in [4.78, 5) is 12.3. The number of carbonyl (C=O) groups is 1. The van der Waals surface area contributed by atoms with Crippen molar-refractivity contribution in [1.29, 1.82) is 0 Å². The number of aromatic nitrogens is 2. The number of aryl methyl sites for hydroxylation is 1. The van der Waals surface area contributed by atoms with E-state index in [1.165, 1.54) is 16.9 Å². The minimum absolute atomic E-state index is 0.221. The molecule has 0 aliphatic heterocycles. The van der Waals surface area contributed by atoms with Gasteiger partial charge in [-0.1, -0.05) is 11.6 Å². The van der Waals surface area contributed by atoms with E-state index in [9.17, 15) is 13.6 Å². The molecule has 0 fully saturated rings. The van der Waals surface area contributed by atoms with Crippen molar-refractivity contribution in [2.24, 2.45) is 7.05 Å². The van der Waals surface area contributed by atoms with E-state index in [4.69, 9.17) is 11.6 Å². The van der Waals surface area contributed by atoms with Gasteiger partial charge in [0.25, 0.3) is 5.91 Å². The highest BCUT2D eigenvalue weighted by molar-refractivity contribution is 6.32. The van der Waals surface area contributed by atoms with Crippen LogP contribution < -0.4 is 5.32 Å². The molecule has 3 rings (SSSR count). The number of benzene rings is 1. The number of hydrogen-bond acceptors (Lipinski definition) is 2. The van der Waals surface area contributed by atoms with Gasteiger partial charge < -0.3 is 5.32 Å². The van der Waals surface area contributed by atoms with Crippen molar-refractivity contribution in [3.8, 4) is 0 Å². The minimum Gasteiger partial charge on any atom is -0.345 e. The van der Waals surface area contributed by atoms with Crippen LogP contribution in [0, 0.1) is 11.6 Å². The van der Waals surface area contributed by atoms with Crippen molar-refractivity contribution < 1.29 is 13.6 Å². The van der Waals surface area contributed by atoms with Crippen LogP contribution in [-0.2, 0) is 13.5 Å². The van der Waals surface area contributed by atoms with Gasteiger partial charge in [-0.2, -0.15) is 5.10 Å². The molecule has 0 bridgehead atoms. The Kier molecular flexibility index (Phi) is 3.87. The molecule has 0 unspecified atom stereocenters. The molecular weight excluding hydrogens is 312 g/mol. The summed E-state index contributed by atoms with van der Waals surface area (Å²) in [5.74, 6) is -1.61. The zero-order chi connectivity index (χ0) is 15.9. The molecule has 1 amide bonds. The fraction of sp³-hybridized carbons (Fsp3) is 0.333. The minimum atomic E-state index is -0.642. The van der Waals surface area contributed by atoms with E-state index < -0.39 is 23.6 Å². The lowest BCUT2D eigenvalue weighted by molar-refractivity contribution is 0.0932. The van der Waals surface area contributed by atoms with Crippen LogP contribution in [0.4, 0.5) is 8.78 Å². The van der Waals surface area contributed by atoms with Gasteiger partial charge in [0.2, 0.25) is 0 Å². The van der Waals surface area contributed by atoms with Crippen LogP contribution in [-0.4, -0.2) is 15.7 Å². The molecule has 1 aliphatic carbocycles. The number of hydrogen-bond donors (Lipinski definition) is 1. The van der Waals surface area contributed by atoms with E-state index in [1.54, 1.807) is 7.05 Å². The Morgan fingerprint density at radius 2 is 2.23 bits per heavy atom. The summed E-state index contributed by atoms with van der Waals surface area (Å²) in [7, 11) is 1.62. The van der Waals surface area contributed by atoms with E-state index in [-0.39, 0.29) is 10.7 Å². The smallest absolute Gasteiger partial charge is 0.256 e. The van der Waals surface area contributed by atoms with E-state index >= 15 is 0 Å². The predicted molar refractivity (Wildman–Crippen MR) is 77.7 cm³/mol. The molecular formula is C15H14ClF2N3O. The Labute approximate surface area is 131 Å². The summed E-state index contributed by atoms with van der Waals surface area (Å²) in [6.45, 7) is 0. The Morgan fingerprint density at radius 1 is 1.45 bits per heavy atom. The van der Waals surface area contributed by atoms with Crippen molar-refractivity contribution in [2.75, 3.05) is 0 Å². The topological polar surface area (TPSA) is 46.9 Å². The Bertz CT molecular complexity index is 745. The number of fused-ring (bicyclic) bond motifs is 1. The van der Waals surface area contributed by atoms with Gasteiger partial charge >= 0.3 is 0 Å². The van der Waals surface area contributed by atoms with Crippen molar-refractivity contribution >= 4 is 17.5 Å². The normalized spacial score (nSPS) is 17.2. The molecule has 1 heterocycles. The van der Waals surface area contributed by atoms with Gasteiger partial charge in [0, 0.05) is 13.1 Å². The number of halogens is 3. The first kappa shape index (κ1) is 15.0. The average Bonchev–Trinajstić information content (AvgIpc) is 2.80. The summed E-state index contributed by atoms with van der Waals surface area (Å²) in [6.07, 6.45) is 3.26. The first-order valence-electron chi connectivity index (χ1n) is 6.93. The van der Waals surface area contributed by atoms with Crippen molar-refractivity contribution in [3.63, 3.8) is 0 Å². The second-order valence-corrected chi connectivity index (χ2v) is 5.70. The molecule has 0 radical (unpaired) electrons. The van der Waals surface area contributed by atoms with Crippen LogP contribution in [0.3, 0.4) is 0 Å². The summed E-state index contributed by atoms with van der Waals surface area (Å²) >= 11 is 5.99. The lowest BCUT2D eigenvalue weighted by Crippen LogP contribution is -2.31. The molecule has 2 aromatic rings. The lowest BCUT2D eigenvalue weighted by atomic mass is 9.87. The Hall–Kier alpha value is -1.95. The number of nitrogens with one attached hydrogen (secondary N) is 1. The van der Waals surface area contributed by atoms with Crippen molar-refractivity contribution in [2.45, 2.75) is 25.3 Å². The van der Waals surface area contributed by atoms with Crippen LogP contribution in [0.15, 0.2) is 18.3 Å². The molecule has 7 heteroatoms. The summed E-state index contributed by atoms with van der Waals surface area (Å²) in [6, 6.07) is 1.73. The zero-order valence-corrected chi connectivity index (χ0v) is 12.6. The number of nitrogens with zero attached hydrogens (tertiary/aromatic N) is 2. The molecule has 0 spiro atoms. The second kappa shape index (κ2) is 5.68.